The van der Waals surface area contributed by atoms with Crippen molar-refractivity contribution in [1.82, 2.24) is 9.03 Å². The van der Waals surface area contributed by atoms with Crippen LogP contribution in [0.25, 0.3) is 0 Å². The largest absolute Gasteiger partial charge is 0.396 e. The highest BCUT2D eigenvalue weighted by molar-refractivity contribution is 7.87. The summed E-state index contributed by atoms with van der Waals surface area (Å²) in [6, 6.07) is 0. The summed E-state index contributed by atoms with van der Waals surface area (Å²) < 4.78 is 27.8. The van der Waals surface area contributed by atoms with Crippen molar-refractivity contribution >= 4 is 10.2 Å². The van der Waals surface area contributed by atoms with Gasteiger partial charge >= 0.3 is 0 Å². The fourth-order valence-electron chi connectivity index (χ4n) is 1.54. The Kier molecular flexibility index (Phi) is 8.02. The summed E-state index contributed by atoms with van der Waals surface area (Å²) >= 11 is 0. The zero-order chi connectivity index (χ0) is 14.2. The first-order chi connectivity index (χ1) is 8.25. The van der Waals surface area contributed by atoms with Crippen LogP contribution in [0.2, 0.25) is 0 Å². The van der Waals surface area contributed by atoms with Crippen LogP contribution in [0.1, 0.15) is 46.5 Å². The molecular weight excluding hydrogens is 252 g/mol. The van der Waals surface area contributed by atoms with Gasteiger partial charge in [0.1, 0.15) is 0 Å². The molecule has 0 heterocycles. The number of hydrogen-bond acceptors (Lipinski definition) is 3. The highest BCUT2D eigenvalue weighted by Crippen LogP contribution is 2.21. The van der Waals surface area contributed by atoms with Crippen LogP contribution < -0.4 is 4.72 Å². The highest BCUT2D eigenvalue weighted by Gasteiger charge is 2.23. The monoisotopic (exact) mass is 280 g/mol. The summed E-state index contributed by atoms with van der Waals surface area (Å²) in [5.41, 5.74) is -0.138. The smallest absolute Gasteiger partial charge is 0.279 e. The third-order valence-corrected chi connectivity index (χ3v) is 4.49. The van der Waals surface area contributed by atoms with E-state index in [9.17, 15) is 8.42 Å². The van der Waals surface area contributed by atoms with Crippen LogP contribution in [0.3, 0.4) is 0 Å². The maximum atomic E-state index is 11.9. The molecule has 0 aromatic rings. The number of unbranched alkanes of at least 4 members (excludes halogenated alkanes) is 1. The first kappa shape index (κ1) is 17.8. The fraction of sp³-hybridized carbons (Fsp3) is 1.00. The van der Waals surface area contributed by atoms with Crippen LogP contribution in [0, 0.1) is 5.41 Å². The molecule has 5 nitrogen and oxygen atoms in total. The Hall–Kier alpha value is -0.170. The van der Waals surface area contributed by atoms with Gasteiger partial charge in [0, 0.05) is 26.7 Å². The summed E-state index contributed by atoms with van der Waals surface area (Å²) in [6.45, 7) is 7.11. The molecule has 0 fully saturated rings. The lowest BCUT2D eigenvalue weighted by Crippen LogP contribution is -2.42. The van der Waals surface area contributed by atoms with Crippen molar-refractivity contribution in [2.75, 3.05) is 26.7 Å². The summed E-state index contributed by atoms with van der Waals surface area (Å²) in [5.74, 6) is 0. The number of aliphatic hydroxyl groups is 1. The van der Waals surface area contributed by atoms with E-state index in [1.54, 1.807) is 7.05 Å². The van der Waals surface area contributed by atoms with Gasteiger partial charge in [0.25, 0.3) is 10.2 Å². The topological polar surface area (TPSA) is 69.6 Å². The van der Waals surface area contributed by atoms with E-state index in [0.717, 1.165) is 19.3 Å². The van der Waals surface area contributed by atoms with Gasteiger partial charge in [0.2, 0.25) is 0 Å². The second kappa shape index (κ2) is 8.09. The maximum absolute atomic E-state index is 11.9. The molecular formula is C12H28N2O3S. The second-order valence-electron chi connectivity index (χ2n) is 5.49. The quantitative estimate of drug-likeness (QED) is 0.634. The Bertz CT molecular complexity index is 315. The van der Waals surface area contributed by atoms with Gasteiger partial charge in [-0.3, -0.25) is 0 Å². The van der Waals surface area contributed by atoms with Crippen molar-refractivity contribution in [3.63, 3.8) is 0 Å². The summed E-state index contributed by atoms with van der Waals surface area (Å²) in [5, 5.41) is 8.80. The molecule has 0 spiro atoms. The third-order valence-electron chi connectivity index (χ3n) is 2.98. The number of nitrogens with one attached hydrogen (secondary N) is 1. The lowest BCUT2D eigenvalue weighted by molar-refractivity contribution is 0.241. The van der Waals surface area contributed by atoms with Gasteiger partial charge in [0.05, 0.1) is 0 Å². The van der Waals surface area contributed by atoms with Crippen molar-refractivity contribution in [3.8, 4) is 0 Å². The van der Waals surface area contributed by atoms with E-state index in [1.165, 1.54) is 4.31 Å². The first-order valence-electron chi connectivity index (χ1n) is 6.57. The Balaban J connectivity index is 4.24. The molecule has 0 atom stereocenters. The summed E-state index contributed by atoms with van der Waals surface area (Å²) in [4.78, 5) is 0. The Morgan fingerprint density at radius 3 is 2.39 bits per heavy atom. The van der Waals surface area contributed by atoms with Crippen LogP contribution >= 0.6 is 0 Å². The molecule has 0 aromatic carbocycles. The fourth-order valence-corrected chi connectivity index (χ4v) is 2.71. The van der Waals surface area contributed by atoms with Crippen molar-refractivity contribution in [2.24, 2.45) is 5.41 Å². The molecule has 0 amide bonds. The van der Waals surface area contributed by atoms with E-state index in [1.807, 2.05) is 20.8 Å². The molecule has 6 heteroatoms. The molecule has 0 radical (unpaired) electrons. The van der Waals surface area contributed by atoms with Gasteiger partial charge in [-0.2, -0.15) is 12.7 Å². The van der Waals surface area contributed by atoms with Crippen molar-refractivity contribution in [2.45, 2.75) is 46.5 Å². The van der Waals surface area contributed by atoms with Crippen molar-refractivity contribution in [1.29, 1.82) is 0 Å². The predicted molar refractivity (Wildman–Crippen MR) is 74.6 cm³/mol. The highest BCUT2D eigenvalue weighted by atomic mass is 32.2. The summed E-state index contributed by atoms with van der Waals surface area (Å²) in [6.07, 6.45) is 3.33. The first-order valence-corrected chi connectivity index (χ1v) is 8.01. The van der Waals surface area contributed by atoms with E-state index in [0.29, 0.717) is 19.5 Å². The predicted octanol–water partition coefficient (Wildman–Crippen LogP) is 1.35. The standard InChI is InChI=1S/C12H28N2O3S/c1-5-6-9-14(4)18(16,17)13-11-12(2,3)8-7-10-15/h13,15H,5-11H2,1-4H3. The molecule has 0 unspecified atom stereocenters. The average Bonchev–Trinajstić information content (AvgIpc) is 2.31. The SMILES string of the molecule is CCCCN(C)S(=O)(=O)NCC(C)(C)CCCO. The normalized spacial score (nSPS) is 13.2. The van der Waals surface area contributed by atoms with Gasteiger partial charge in [-0.15, -0.1) is 0 Å². The molecule has 110 valence electrons. The van der Waals surface area contributed by atoms with Gasteiger partial charge < -0.3 is 5.11 Å². The van der Waals surface area contributed by atoms with E-state index < -0.39 is 10.2 Å². The number of nitrogens with zero attached hydrogens (tertiary/aromatic N) is 1. The van der Waals surface area contributed by atoms with Crippen LogP contribution in [0.5, 0.6) is 0 Å². The van der Waals surface area contributed by atoms with E-state index in [4.69, 9.17) is 5.11 Å². The molecule has 0 aromatic heterocycles. The van der Waals surface area contributed by atoms with E-state index >= 15 is 0 Å². The zero-order valence-electron chi connectivity index (χ0n) is 12.1. The maximum Gasteiger partial charge on any atom is 0.279 e. The zero-order valence-corrected chi connectivity index (χ0v) is 12.9. The van der Waals surface area contributed by atoms with Crippen LogP contribution in [-0.4, -0.2) is 44.6 Å². The van der Waals surface area contributed by atoms with Gasteiger partial charge in [0.15, 0.2) is 0 Å². The van der Waals surface area contributed by atoms with Gasteiger partial charge in [-0.1, -0.05) is 27.2 Å². The lowest BCUT2D eigenvalue weighted by Gasteiger charge is -2.26. The van der Waals surface area contributed by atoms with Crippen LogP contribution in [0.15, 0.2) is 0 Å². The molecule has 18 heavy (non-hydrogen) atoms. The second-order valence-corrected chi connectivity index (χ2v) is 7.35. The van der Waals surface area contributed by atoms with Gasteiger partial charge in [-0.05, 0) is 24.7 Å². The Morgan fingerprint density at radius 2 is 1.89 bits per heavy atom. The van der Waals surface area contributed by atoms with E-state index in [-0.39, 0.29) is 12.0 Å². The number of hydrogen-bond donors (Lipinski definition) is 2. The number of rotatable bonds is 10. The van der Waals surface area contributed by atoms with Gasteiger partial charge in [-0.25, -0.2) is 4.72 Å². The minimum Gasteiger partial charge on any atom is -0.396 e. The minimum atomic E-state index is -3.37. The van der Waals surface area contributed by atoms with Crippen LogP contribution in [-0.2, 0) is 10.2 Å². The third kappa shape index (κ3) is 7.31. The molecule has 0 aliphatic rings. The molecule has 2 N–H and O–H groups in total. The van der Waals surface area contributed by atoms with Crippen molar-refractivity contribution in [3.05, 3.63) is 0 Å². The summed E-state index contributed by atoms with van der Waals surface area (Å²) in [7, 11) is -1.77. The average molecular weight is 280 g/mol. The molecule has 0 saturated carbocycles. The molecule has 0 aliphatic carbocycles. The van der Waals surface area contributed by atoms with E-state index in [2.05, 4.69) is 4.72 Å². The molecule has 0 saturated heterocycles. The van der Waals surface area contributed by atoms with Crippen LogP contribution in [0.4, 0.5) is 0 Å². The molecule has 0 rings (SSSR count). The number of aliphatic hydroxyl groups excluding tert-OH is 1. The minimum absolute atomic E-state index is 0.138. The Labute approximate surface area is 112 Å². The lowest BCUT2D eigenvalue weighted by atomic mass is 9.88. The van der Waals surface area contributed by atoms with Crippen molar-refractivity contribution < 1.29 is 13.5 Å². The molecule has 0 bridgehead atoms. The molecule has 0 aliphatic heterocycles. The Morgan fingerprint density at radius 1 is 1.28 bits per heavy atom.